The summed E-state index contributed by atoms with van der Waals surface area (Å²) < 4.78 is 0. The second-order valence-corrected chi connectivity index (χ2v) is 7.07. The maximum atomic E-state index is 12.0. The highest BCUT2D eigenvalue weighted by molar-refractivity contribution is 5.84. The molecule has 0 N–H and O–H groups in total. The topological polar surface area (TPSA) is 17.1 Å². The van der Waals surface area contributed by atoms with Crippen molar-refractivity contribution in [3.8, 4) is 0 Å². The Balaban J connectivity index is 1.78. The van der Waals surface area contributed by atoms with E-state index in [2.05, 4.69) is 12.2 Å². The SMILES string of the molecule is CC(=O)C1C=C(C2CCCCC2)C=C1C1CCCCC1. The summed E-state index contributed by atoms with van der Waals surface area (Å²) in [6.07, 6.45) is 18.3. The van der Waals surface area contributed by atoms with Gasteiger partial charge in [-0.15, -0.1) is 0 Å². The van der Waals surface area contributed by atoms with E-state index in [1.807, 2.05) is 0 Å². The predicted molar refractivity (Wildman–Crippen MR) is 83.5 cm³/mol. The summed E-state index contributed by atoms with van der Waals surface area (Å²) in [5.74, 6) is 1.91. The van der Waals surface area contributed by atoms with E-state index in [1.54, 1.807) is 6.92 Å². The molecule has 3 aliphatic rings. The molecule has 2 fully saturated rings. The van der Waals surface area contributed by atoms with Crippen LogP contribution in [0.2, 0.25) is 0 Å². The fourth-order valence-electron chi connectivity index (χ4n) is 4.47. The van der Waals surface area contributed by atoms with Gasteiger partial charge in [0.05, 0.1) is 5.92 Å². The van der Waals surface area contributed by atoms with Crippen molar-refractivity contribution in [1.82, 2.24) is 0 Å². The van der Waals surface area contributed by atoms with Gasteiger partial charge >= 0.3 is 0 Å². The molecule has 20 heavy (non-hydrogen) atoms. The fraction of sp³-hybridized carbons (Fsp3) is 0.737. The van der Waals surface area contributed by atoms with E-state index in [-0.39, 0.29) is 5.92 Å². The van der Waals surface area contributed by atoms with Crippen LogP contribution in [0.3, 0.4) is 0 Å². The van der Waals surface area contributed by atoms with Gasteiger partial charge in [-0.1, -0.05) is 56.3 Å². The average molecular weight is 272 g/mol. The number of carbonyl (C=O) groups is 1. The van der Waals surface area contributed by atoms with Crippen LogP contribution in [0, 0.1) is 17.8 Å². The third kappa shape index (κ3) is 2.92. The third-order valence-electron chi connectivity index (χ3n) is 5.64. The summed E-state index contributed by atoms with van der Waals surface area (Å²) in [6.45, 7) is 1.78. The summed E-state index contributed by atoms with van der Waals surface area (Å²) in [7, 11) is 0. The molecule has 1 heteroatoms. The normalized spacial score (nSPS) is 29.1. The quantitative estimate of drug-likeness (QED) is 0.688. The van der Waals surface area contributed by atoms with Crippen LogP contribution in [-0.2, 0) is 4.79 Å². The van der Waals surface area contributed by atoms with Gasteiger partial charge < -0.3 is 0 Å². The zero-order valence-electron chi connectivity index (χ0n) is 12.9. The van der Waals surface area contributed by atoms with E-state index in [1.165, 1.54) is 75.4 Å². The molecule has 0 aromatic carbocycles. The molecule has 0 aromatic rings. The first-order chi connectivity index (χ1) is 9.75. The van der Waals surface area contributed by atoms with E-state index < -0.39 is 0 Å². The number of hydrogen-bond acceptors (Lipinski definition) is 1. The van der Waals surface area contributed by atoms with Gasteiger partial charge in [-0.05, 0) is 50.0 Å². The molecule has 0 radical (unpaired) electrons. The minimum Gasteiger partial charge on any atom is -0.299 e. The molecule has 0 amide bonds. The van der Waals surface area contributed by atoms with Crippen LogP contribution in [-0.4, -0.2) is 5.78 Å². The number of hydrogen-bond donors (Lipinski definition) is 0. The van der Waals surface area contributed by atoms with E-state index in [0.29, 0.717) is 11.7 Å². The summed E-state index contributed by atoms with van der Waals surface area (Å²) in [6, 6.07) is 0. The first kappa shape index (κ1) is 14.1. The summed E-state index contributed by atoms with van der Waals surface area (Å²) in [5.41, 5.74) is 2.98. The standard InChI is InChI=1S/C19H28O/c1-14(20)18-12-17(15-8-4-2-5-9-15)13-19(18)16-10-6-3-7-11-16/h12-13,15-16,18H,2-11H2,1H3. The van der Waals surface area contributed by atoms with Crippen molar-refractivity contribution in [3.63, 3.8) is 0 Å². The monoisotopic (exact) mass is 272 g/mol. The molecular formula is C19H28O. The maximum Gasteiger partial charge on any atom is 0.140 e. The lowest BCUT2D eigenvalue weighted by molar-refractivity contribution is -0.118. The van der Waals surface area contributed by atoms with E-state index in [9.17, 15) is 4.79 Å². The molecule has 1 atom stereocenters. The lowest BCUT2D eigenvalue weighted by Gasteiger charge is -2.26. The number of Topliss-reactive ketones (excluding diaryl/α,β-unsaturated/α-hetero) is 1. The molecule has 0 spiro atoms. The zero-order valence-corrected chi connectivity index (χ0v) is 12.9. The molecule has 1 nitrogen and oxygen atoms in total. The van der Waals surface area contributed by atoms with Gasteiger partial charge in [0.1, 0.15) is 5.78 Å². The molecular weight excluding hydrogens is 244 g/mol. The van der Waals surface area contributed by atoms with Crippen molar-refractivity contribution in [3.05, 3.63) is 23.3 Å². The van der Waals surface area contributed by atoms with Gasteiger partial charge in [0, 0.05) is 0 Å². The Kier molecular flexibility index (Phi) is 4.43. The summed E-state index contributed by atoms with van der Waals surface area (Å²) in [4.78, 5) is 12.0. The lowest BCUT2D eigenvalue weighted by Crippen LogP contribution is -2.18. The van der Waals surface area contributed by atoms with Crippen LogP contribution in [0.25, 0.3) is 0 Å². The Morgan fingerprint density at radius 2 is 1.45 bits per heavy atom. The Labute approximate surface area is 123 Å². The van der Waals surface area contributed by atoms with Gasteiger partial charge in [-0.25, -0.2) is 0 Å². The van der Waals surface area contributed by atoms with Crippen molar-refractivity contribution in [2.45, 2.75) is 71.1 Å². The first-order valence-electron chi connectivity index (χ1n) is 8.69. The molecule has 0 heterocycles. The highest BCUT2D eigenvalue weighted by Gasteiger charge is 2.31. The van der Waals surface area contributed by atoms with Crippen LogP contribution in [0.4, 0.5) is 0 Å². The molecule has 0 aromatic heterocycles. The Bertz CT molecular complexity index is 417. The molecule has 0 saturated heterocycles. The molecule has 0 bridgehead atoms. The van der Waals surface area contributed by atoms with Gasteiger partial charge in [-0.2, -0.15) is 0 Å². The molecule has 110 valence electrons. The molecule has 2 saturated carbocycles. The van der Waals surface area contributed by atoms with E-state index in [0.717, 1.165) is 5.92 Å². The largest absolute Gasteiger partial charge is 0.299 e. The van der Waals surface area contributed by atoms with Gasteiger partial charge in [0.2, 0.25) is 0 Å². The van der Waals surface area contributed by atoms with Crippen molar-refractivity contribution in [2.75, 3.05) is 0 Å². The maximum absolute atomic E-state index is 12.0. The van der Waals surface area contributed by atoms with Crippen LogP contribution < -0.4 is 0 Å². The van der Waals surface area contributed by atoms with Gasteiger partial charge in [0.15, 0.2) is 0 Å². The number of carbonyl (C=O) groups excluding carboxylic acids is 1. The van der Waals surface area contributed by atoms with Crippen LogP contribution in [0.1, 0.15) is 71.1 Å². The summed E-state index contributed by atoms with van der Waals surface area (Å²) >= 11 is 0. The average Bonchev–Trinajstić information content (AvgIpc) is 2.94. The van der Waals surface area contributed by atoms with Gasteiger partial charge in [0.25, 0.3) is 0 Å². The molecule has 1 unspecified atom stereocenters. The molecule has 3 aliphatic carbocycles. The fourth-order valence-corrected chi connectivity index (χ4v) is 4.47. The molecule has 0 aliphatic heterocycles. The van der Waals surface area contributed by atoms with E-state index >= 15 is 0 Å². The highest BCUT2D eigenvalue weighted by Crippen LogP contribution is 2.42. The Morgan fingerprint density at radius 3 is 2.00 bits per heavy atom. The zero-order chi connectivity index (χ0) is 13.9. The van der Waals surface area contributed by atoms with Crippen molar-refractivity contribution in [2.24, 2.45) is 17.8 Å². The van der Waals surface area contributed by atoms with Crippen LogP contribution in [0.15, 0.2) is 23.3 Å². The first-order valence-corrected chi connectivity index (χ1v) is 8.69. The van der Waals surface area contributed by atoms with Crippen LogP contribution >= 0.6 is 0 Å². The minimum absolute atomic E-state index is 0.120. The Hall–Kier alpha value is -0.850. The number of ketones is 1. The summed E-state index contributed by atoms with van der Waals surface area (Å²) in [5, 5.41) is 0. The van der Waals surface area contributed by atoms with Crippen molar-refractivity contribution in [1.29, 1.82) is 0 Å². The van der Waals surface area contributed by atoms with Crippen LogP contribution in [0.5, 0.6) is 0 Å². The highest BCUT2D eigenvalue weighted by atomic mass is 16.1. The second-order valence-electron chi connectivity index (χ2n) is 7.07. The smallest absolute Gasteiger partial charge is 0.140 e. The number of allylic oxidation sites excluding steroid dienone is 4. The minimum atomic E-state index is 0.120. The number of rotatable bonds is 3. The van der Waals surface area contributed by atoms with Crippen molar-refractivity contribution >= 4 is 5.78 Å². The van der Waals surface area contributed by atoms with E-state index in [4.69, 9.17) is 0 Å². The van der Waals surface area contributed by atoms with Crippen molar-refractivity contribution < 1.29 is 4.79 Å². The molecule has 3 rings (SSSR count). The van der Waals surface area contributed by atoms with Gasteiger partial charge in [-0.3, -0.25) is 4.79 Å². The lowest BCUT2D eigenvalue weighted by atomic mass is 9.79. The third-order valence-corrected chi connectivity index (χ3v) is 5.64. The predicted octanol–water partition coefficient (Wildman–Crippen LogP) is 5.22. The Morgan fingerprint density at radius 1 is 0.900 bits per heavy atom. The second kappa shape index (κ2) is 6.28.